The highest BCUT2D eigenvalue weighted by Gasteiger charge is 2.65. The number of nitro benzene ring substituents is 1. The first kappa shape index (κ1) is 48.7. The van der Waals surface area contributed by atoms with Crippen molar-refractivity contribution in [2.45, 2.75) is 103 Å². The molecule has 0 bridgehead atoms. The SMILES string of the molecule is C=CCO[C@@]12Oc3ccc(OC(=O)NCC)cc3[C@H]3[C@H](CCCCO)[C@@H](CCCCO)C=C(C(=NOC(C)(C)C)C[C@@H]1N(Cc1ccc4c(c1)OCO4)C(=O)C=Cc1ccc([N+](=O)[O-])cc1)[C@H]32. The average Bonchev–Trinajstić information content (AvgIpc) is 3.78. The van der Waals surface area contributed by atoms with E-state index >= 15 is 4.79 Å². The van der Waals surface area contributed by atoms with Crippen molar-refractivity contribution < 1.29 is 53.2 Å². The van der Waals surface area contributed by atoms with Gasteiger partial charge in [0.15, 0.2) is 11.5 Å². The summed E-state index contributed by atoms with van der Waals surface area (Å²) in [6.07, 6.45) is 10.6. The van der Waals surface area contributed by atoms with E-state index < -0.39 is 40.3 Å². The van der Waals surface area contributed by atoms with E-state index in [1.54, 1.807) is 41.3 Å². The number of carbonyl (C=O) groups is 2. The summed E-state index contributed by atoms with van der Waals surface area (Å²) >= 11 is 0. The Balaban J connectivity index is 1.46. The molecule has 3 N–H and O–H groups in total. The molecular formula is C51H62N4O12. The highest BCUT2D eigenvalue weighted by atomic mass is 16.7. The van der Waals surface area contributed by atoms with Crippen LogP contribution in [-0.4, -0.2) is 88.3 Å². The Morgan fingerprint density at radius 2 is 1.73 bits per heavy atom. The lowest BCUT2D eigenvalue weighted by Gasteiger charge is -2.60. The molecule has 2 heterocycles. The standard InChI is InChI=1S/C51H62N4O12/c1-6-26-64-51-45(54(31-34-16-21-43-44(27-34)63-32-62-43)46(58)23-17-33-14-18-36(19-15-33)55(60)61)30-41(53-67-50(3,4)5)39-28-35(12-8-10-24-56)38(13-9-11-25-57)47(48(39)51)40-29-37(20-22-42(40)66-51)65-49(59)52-7-2/h6,14-23,27-29,35,38,45,47-48,56-57H,1,7-13,24-26,30-32H2,2-5H3,(H,52,59)/t35-,38+,45-,47+,48+,51+/m0/s1. The second-order valence-corrected chi connectivity index (χ2v) is 18.2. The Kier molecular flexibility index (Phi) is 15.7. The third-order valence-electron chi connectivity index (χ3n) is 12.6. The van der Waals surface area contributed by atoms with Gasteiger partial charge in [-0.2, -0.15) is 0 Å². The number of amides is 2. The molecule has 0 saturated heterocycles. The van der Waals surface area contributed by atoms with E-state index in [4.69, 9.17) is 33.7 Å². The van der Waals surface area contributed by atoms with Crippen LogP contribution in [-0.2, 0) is 20.9 Å². The van der Waals surface area contributed by atoms with Crippen molar-refractivity contribution in [2.75, 3.05) is 33.2 Å². The zero-order chi connectivity index (χ0) is 47.7. The van der Waals surface area contributed by atoms with Crippen LogP contribution in [0.2, 0.25) is 0 Å². The Hall–Kier alpha value is -6.23. The van der Waals surface area contributed by atoms with E-state index in [-0.39, 0.29) is 63.0 Å². The second-order valence-electron chi connectivity index (χ2n) is 18.2. The van der Waals surface area contributed by atoms with Gasteiger partial charge in [-0.1, -0.05) is 36.2 Å². The number of hydrogen-bond donors (Lipinski definition) is 3. The summed E-state index contributed by atoms with van der Waals surface area (Å²) in [4.78, 5) is 47.0. The molecule has 3 aromatic rings. The molecule has 4 aliphatic rings. The molecule has 0 unspecified atom stereocenters. The number of ether oxygens (including phenoxy) is 5. The first-order valence-electron chi connectivity index (χ1n) is 23.1. The number of allylic oxidation sites excluding steroid dienone is 1. The van der Waals surface area contributed by atoms with E-state index in [9.17, 15) is 25.1 Å². The summed E-state index contributed by atoms with van der Waals surface area (Å²) in [6, 6.07) is 15.9. The van der Waals surface area contributed by atoms with E-state index in [0.717, 1.165) is 36.0 Å². The van der Waals surface area contributed by atoms with Crippen LogP contribution in [0.15, 0.2) is 96.2 Å². The van der Waals surface area contributed by atoms with Crippen LogP contribution in [0.4, 0.5) is 10.5 Å². The van der Waals surface area contributed by atoms with Gasteiger partial charge in [-0.05, 0) is 130 Å². The highest BCUT2D eigenvalue weighted by Crippen LogP contribution is 2.62. The smallest absolute Gasteiger partial charge is 0.412 e. The van der Waals surface area contributed by atoms with Gasteiger partial charge in [0.1, 0.15) is 23.1 Å². The van der Waals surface area contributed by atoms with Crippen LogP contribution < -0.4 is 24.3 Å². The molecule has 0 radical (unpaired) electrons. The fraction of sp³-hybridized carbons (Fsp3) is 0.471. The molecule has 3 aromatic carbocycles. The third-order valence-corrected chi connectivity index (χ3v) is 12.6. The fourth-order valence-electron chi connectivity index (χ4n) is 9.74. The molecular weight excluding hydrogens is 861 g/mol. The molecule has 0 aromatic heterocycles. The van der Waals surface area contributed by atoms with Crippen LogP contribution in [0.1, 0.15) is 95.2 Å². The number of aliphatic hydroxyl groups excluding tert-OH is 2. The molecule has 67 heavy (non-hydrogen) atoms. The lowest BCUT2D eigenvalue weighted by atomic mass is 9.55. The third kappa shape index (κ3) is 11.1. The fourth-order valence-corrected chi connectivity index (χ4v) is 9.74. The molecule has 16 heteroatoms. The van der Waals surface area contributed by atoms with Gasteiger partial charge in [-0.3, -0.25) is 14.9 Å². The number of aliphatic hydroxyl groups is 2. The molecule has 1 saturated carbocycles. The molecule has 2 aliphatic heterocycles. The molecule has 6 atom stereocenters. The van der Waals surface area contributed by atoms with Crippen LogP contribution in [0.25, 0.3) is 6.08 Å². The maximum absolute atomic E-state index is 15.2. The number of nitro groups is 1. The van der Waals surface area contributed by atoms with Crippen molar-refractivity contribution >= 4 is 29.5 Å². The molecule has 16 nitrogen and oxygen atoms in total. The maximum Gasteiger partial charge on any atom is 0.412 e. The van der Waals surface area contributed by atoms with E-state index in [2.05, 4.69) is 18.0 Å². The first-order chi connectivity index (χ1) is 32.3. The Bertz CT molecular complexity index is 2360. The maximum atomic E-state index is 15.2. The predicted molar refractivity (Wildman–Crippen MR) is 251 cm³/mol. The van der Waals surface area contributed by atoms with Gasteiger partial charge in [0.2, 0.25) is 18.5 Å². The number of carbonyl (C=O) groups excluding carboxylic acids is 2. The number of nitrogens with zero attached hydrogens (tertiary/aromatic N) is 3. The first-order valence-corrected chi connectivity index (χ1v) is 23.1. The normalized spacial score (nSPS) is 23.1. The van der Waals surface area contributed by atoms with E-state index in [1.807, 2.05) is 52.0 Å². The zero-order valence-electron chi connectivity index (χ0n) is 38.7. The largest absolute Gasteiger partial charge is 0.459 e. The predicted octanol–water partition coefficient (Wildman–Crippen LogP) is 8.61. The van der Waals surface area contributed by atoms with Gasteiger partial charge in [0.25, 0.3) is 5.69 Å². The summed E-state index contributed by atoms with van der Waals surface area (Å²) in [5, 5.41) is 39.0. The van der Waals surface area contributed by atoms with Gasteiger partial charge in [-0.25, -0.2) is 4.79 Å². The van der Waals surface area contributed by atoms with Crippen molar-refractivity contribution in [3.63, 3.8) is 0 Å². The summed E-state index contributed by atoms with van der Waals surface area (Å²) in [7, 11) is 0. The number of nitrogens with one attached hydrogen (secondary N) is 1. The minimum Gasteiger partial charge on any atom is -0.459 e. The number of unbranched alkanes of at least 4 members (excludes halogenated alkanes) is 2. The summed E-state index contributed by atoms with van der Waals surface area (Å²) in [5.41, 5.74) is 2.80. The number of benzene rings is 3. The quantitative estimate of drug-likeness (QED) is 0.0321. The van der Waals surface area contributed by atoms with Crippen molar-refractivity contribution in [3.05, 3.63) is 118 Å². The molecule has 2 aliphatic carbocycles. The number of non-ortho nitro benzene ring substituents is 1. The lowest BCUT2D eigenvalue weighted by Crippen LogP contribution is -2.70. The number of fused-ring (bicyclic) bond motifs is 3. The molecule has 1 fully saturated rings. The molecule has 358 valence electrons. The Morgan fingerprint density at radius 3 is 2.43 bits per heavy atom. The van der Waals surface area contributed by atoms with Crippen LogP contribution in [0.3, 0.4) is 0 Å². The van der Waals surface area contributed by atoms with Crippen LogP contribution >= 0.6 is 0 Å². The van der Waals surface area contributed by atoms with Crippen molar-refractivity contribution in [1.82, 2.24) is 10.2 Å². The minimum absolute atomic E-state index is 0.0232. The second kappa shape index (κ2) is 21.6. The summed E-state index contributed by atoms with van der Waals surface area (Å²) in [5.74, 6) is -1.14. The Labute approximate surface area is 391 Å². The minimum atomic E-state index is -1.58. The highest BCUT2D eigenvalue weighted by molar-refractivity contribution is 6.03. The van der Waals surface area contributed by atoms with Crippen molar-refractivity contribution in [3.8, 4) is 23.0 Å². The van der Waals surface area contributed by atoms with Gasteiger partial charge in [0, 0.05) is 62.4 Å². The van der Waals surface area contributed by atoms with Gasteiger partial charge in [-0.15, -0.1) is 6.58 Å². The molecule has 0 spiro atoms. The zero-order valence-corrected chi connectivity index (χ0v) is 38.7. The summed E-state index contributed by atoms with van der Waals surface area (Å²) in [6.45, 7) is 12.2. The van der Waals surface area contributed by atoms with Crippen molar-refractivity contribution in [1.29, 1.82) is 0 Å². The van der Waals surface area contributed by atoms with Crippen LogP contribution in [0.5, 0.6) is 23.0 Å². The lowest BCUT2D eigenvalue weighted by molar-refractivity contribution is -0.384. The van der Waals surface area contributed by atoms with E-state index in [1.165, 1.54) is 18.2 Å². The molecule has 2 amide bonds. The van der Waals surface area contributed by atoms with Gasteiger partial charge >= 0.3 is 6.09 Å². The monoisotopic (exact) mass is 922 g/mol. The summed E-state index contributed by atoms with van der Waals surface area (Å²) < 4.78 is 31.7. The Morgan fingerprint density at radius 1 is 1.00 bits per heavy atom. The number of rotatable bonds is 20. The number of oxime groups is 1. The van der Waals surface area contributed by atoms with Gasteiger partial charge < -0.3 is 49.0 Å². The average molecular weight is 923 g/mol. The van der Waals surface area contributed by atoms with E-state index in [0.29, 0.717) is 60.1 Å². The van der Waals surface area contributed by atoms with Crippen molar-refractivity contribution in [2.24, 2.45) is 22.9 Å². The number of hydrogen-bond acceptors (Lipinski definition) is 13. The topological polar surface area (TPSA) is 201 Å². The van der Waals surface area contributed by atoms with Gasteiger partial charge in [0.05, 0.1) is 23.2 Å². The van der Waals surface area contributed by atoms with Crippen LogP contribution in [0, 0.1) is 27.9 Å². The molecule has 7 rings (SSSR count).